The van der Waals surface area contributed by atoms with Crippen LogP contribution in [-0.4, -0.2) is 45.8 Å². The fourth-order valence-electron chi connectivity index (χ4n) is 3.26. The van der Waals surface area contributed by atoms with Crippen LogP contribution in [-0.2, 0) is 13.6 Å². The van der Waals surface area contributed by atoms with Crippen molar-refractivity contribution in [2.24, 2.45) is 7.05 Å². The van der Waals surface area contributed by atoms with Gasteiger partial charge < -0.3 is 4.90 Å². The molecule has 0 unspecified atom stereocenters. The van der Waals surface area contributed by atoms with Crippen LogP contribution in [0.25, 0.3) is 10.2 Å². The Bertz CT molecular complexity index is 858. The molecule has 6 heteroatoms. The first-order chi connectivity index (χ1) is 11.6. The number of hydrogen-bond donors (Lipinski definition) is 0. The van der Waals surface area contributed by atoms with E-state index in [9.17, 15) is 0 Å². The average molecular weight is 341 g/mol. The molecule has 3 heterocycles. The minimum atomic E-state index is 0.986. The zero-order valence-electron chi connectivity index (χ0n) is 14.5. The van der Waals surface area contributed by atoms with E-state index in [1.54, 1.807) is 0 Å². The van der Waals surface area contributed by atoms with Gasteiger partial charge in [0.25, 0.3) is 0 Å². The molecule has 3 aromatic rings. The number of nitrogens with zero attached hydrogens (tertiary/aromatic N) is 5. The lowest BCUT2D eigenvalue weighted by molar-refractivity contribution is 0.250. The van der Waals surface area contributed by atoms with E-state index < -0.39 is 0 Å². The van der Waals surface area contributed by atoms with Crippen LogP contribution in [0.3, 0.4) is 0 Å². The van der Waals surface area contributed by atoms with E-state index in [0.29, 0.717) is 0 Å². The molecule has 126 valence electrons. The molecule has 0 radical (unpaired) electrons. The molecule has 0 amide bonds. The molecule has 0 aliphatic carbocycles. The third-order valence-electron chi connectivity index (χ3n) is 4.88. The fraction of sp³-hybridized carbons (Fsp3) is 0.444. The first kappa shape index (κ1) is 15.6. The van der Waals surface area contributed by atoms with E-state index in [0.717, 1.165) is 32.7 Å². The standard InChI is InChI=1S/C18H23N5S/c1-13-4-5-16-17(14(13)2)20-18(24-16)23-8-6-22(7-9-23)12-15-10-19-21(3)11-15/h4-5,10-11H,6-9,12H2,1-3H3. The maximum Gasteiger partial charge on any atom is 0.186 e. The Hall–Kier alpha value is -1.92. The molecule has 5 nitrogen and oxygen atoms in total. The van der Waals surface area contributed by atoms with Gasteiger partial charge in [-0.2, -0.15) is 5.10 Å². The lowest BCUT2D eigenvalue weighted by Crippen LogP contribution is -2.45. The van der Waals surface area contributed by atoms with Crippen LogP contribution in [0.1, 0.15) is 16.7 Å². The molecule has 0 saturated carbocycles. The van der Waals surface area contributed by atoms with Crippen LogP contribution in [0, 0.1) is 13.8 Å². The minimum absolute atomic E-state index is 0.986. The van der Waals surface area contributed by atoms with Crippen LogP contribution < -0.4 is 4.90 Å². The van der Waals surface area contributed by atoms with E-state index >= 15 is 0 Å². The Morgan fingerprint density at radius 3 is 2.62 bits per heavy atom. The van der Waals surface area contributed by atoms with Crippen molar-refractivity contribution in [1.82, 2.24) is 19.7 Å². The maximum atomic E-state index is 4.92. The summed E-state index contributed by atoms with van der Waals surface area (Å²) >= 11 is 1.82. The molecule has 0 spiro atoms. The number of fused-ring (bicyclic) bond motifs is 1. The lowest BCUT2D eigenvalue weighted by Gasteiger charge is -2.34. The molecule has 1 fully saturated rings. The van der Waals surface area contributed by atoms with Gasteiger partial charge in [-0.1, -0.05) is 17.4 Å². The first-order valence-electron chi connectivity index (χ1n) is 8.42. The molecular formula is C18H23N5S. The second kappa shape index (κ2) is 6.18. The van der Waals surface area contributed by atoms with Gasteiger partial charge in [-0.3, -0.25) is 9.58 Å². The second-order valence-electron chi connectivity index (χ2n) is 6.64. The molecule has 1 aliphatic rings. The van der Waals surface area contributed by atoms with E-state index in [4.69, 9.17) is 4.98 Å². The first-order valence-corrected chi connectivity index (χ1v) is 9.23. The van der Waals surface area contributed by atoms with Crippen molar-refractivity contribution in [2.75, 3.05) is 31.1 Å². The molecule has 1 aromatic carbocycles. The molecule has 1 aliphatic heterocycles. The zero-order valence-corrected chi connectivity index (χ0v) is 15.3. The molecule has 2 aromatic heterocycles. The van der Waals surface area contributed by atoms with Crippen LogP contribution in [0.4, 0.5) is 5.13 Å². The highest BCUT2D eigenvalue weighted by Crippen LogP contribution is 2.32. The average Bonchev–Trinajstić information content (AvgIpc) is 3.18. The topological polar surface area (TPSA) is 37.2 Å². The number of aromatic nitrogens is 3. The summed E-state index contributed by atoms with van der Waals surface area (Å²) < 4.78 is 3.17. The normalized spacial score (nSPS) is 16.2. The fourth-order valence-corrected chi connectivity index (χ4v) is 4.34. The molecule has 0 bridgehead atoms. The van der Waals surface area contributed by atoms with Gasteiger partial charge >= 0.3 is 0 Å². The van der Waals surface area contributed by atoms with E-state index in [2.05, 4.69) is 47.1 Å². The smallest absolute Gasteiger partial charge is 0.186 e. The third kappa shape index (κ3) is 2.91. The Morgan fingerprint density at radius 1 is 1.12 bits per heavy atom. The highest BCUT2D eigenvalue weighted by Gasteiger charge is 2.20. The van der Waals surface area contributed by atoms with Gasteiger partial charge in [-0.25, -0.2) is 4.98 Å². The van der Waals surface area contributed by atoms with Crippen molar-refractivity contribution in [1.29, 1.82) is 0 Å². The van der Waals surface area contributed by atoms with Gasteiger partial charge in [0.2, 0.25) is 0 Å². The van der Waals surface area contributed by atoms with Crippen LogP contribution in [0.2, 0.25) is 0 Å². The number of aryl methyl sites for hydroxylation is 3. The molecule has 1 saturated heterocycles. The maximum absolute atomic E-state index is 4.92. The van der Waals surface area contributed by atoms with Crippen molar-refractivity contribution in [3.63, 3.8) is 0 Å². The molecule has 24 heavy (non-hydrogen) atoms. The van der Waals surface area contributed by atoms with Gasteiger partial charge in [0, 0.05) is 51.5 Å². The summed E-state index contributed by atoms with van der Waals surface area (Å²) in [6, 6.07) is 4.41. The van der Waals surface area contributed by atoms with Crippen molar-refractivity contribution in [2.45, 2.75) is 20.4 Å². The number of benzene rings is 1. The van der Waals surface area contributed by atoms with Gasteiger partial charge in [-0.15, -0.1) is 0 Å². The van der Waals surface area contributed by atoms with Gasteiger partial charge in [0.05, 0.1) is 16.4 Å². The van der Waals surface area contributed by atoms with Crippen molar-refractivity contribution < 1.29 is 0 Å². The van der Waals surface area contributed by atoms with Crippen LogP contribution >= 0.6 is 11.3 Å². The molecule has 0 N–H and O–H groups in total. The summed E-state index contributed by atoms with van der Waals surface area (Å²) in [4.78, 5) is 9.85. The largest absolute Gasteiger partial charge is 0.345 e. The summed E-state index contributed by atoms with van der Waals surface area (Å²) in [5, 5.41) is 5.42. The Balaban J connectivity index is 1.45. The Morgan fingerprint density at radius 2 is 1.92 bits per heavy atom. The number of hydrogen-bond acceptors (Lipinski definition) is 5. The molecule has 4 rings (SSSR count). The Kier molecular flexibility index (Phi) is 4.02. The molecule has 0 atom stereocenters. The highest BCUT2D eigenvalue weighted by molar-refractivity contribution is 7.22. The Labute approximate surface area is 146 Å². The van der Waals surface area contributed by atoms with Crippen molar-refractivity contribution in [3.05, 3.63) is 41.2 Å². The van der Waals surface area contributed by atoms with E-state index in [1.807, 2.05) is 29.3 Å². The summed E-state index contributed by atoms with van der Waals surface area (Å²) in [6.45, 7) is 9.54. The van der Waals surface area contributed by atoms with Gasteiger partial charge in [0.1, 0.15) is 0 Å². The SMILES string of the molecule is Cc1ccc2sc(N3CCN(Cc4cnn(C)c4)CC3)nc2c1C. The summed E-state index contributed by atoms with van der Waals surface area (Å²) in [7, 11) is 1.97. The van der Waals surface area contributed by atoms with Crippen molar-refractivity contribution in [3.8, 4) is 0 Å². The number of rotatable bonds is 3. The summed E-state index contributed by atoms with van der Waals surface area (Å²) in [6.07, 6.45) is 4.07. The van der Waals surface area contributed by atoms with Gasteiger partial charge in [0.15, 0.2) is 5.13 Å². The van der Waals surface area contributed by atoms with E-state index in [1.165, 1.54) is 32.0 Å². The quantitative estimate of drug-likeness (QED) is 0.734. The number of piperazine rings is 1. The van der Waals surface area contributed by atoms with E-state index in [-0.39, 0.29) is 0 Å². The second-order valence-corrected chi connectivity index (χ2v) is 7.65. The van der Waals surface area contributed by atoms with Gasteiger partial charge in [-0.05, 0) is 31.0 Å². The lowest BCUT2D eigenvalue weighted by atomic mass is 10.1. The summed E-state index contributed by atoms with van der Waals surface area (Å²) in [5.41, 5.74) is 5.09. The minimum Gasteiger partial charge on any atom is -0.345 e. The zero-order chi connectivity index (χ0) is 16.7. The predicted octanol–water partition coefficient (Wildman–Crippen LogP) is 2.97. The number of thiazole rings is 1. The number of anilines is 1. The van der Waals surface area contributed by atoms with Crippen molar-refractivity contribution >= 4 is 26.7 Å². The highest BCUT2D eigenvalue weighted by atomic mass is 32.1. The van der Waals surface area contributed by atoms with Crippen LogP contribution in [0.5, 0.6) is 0 Å². The third-order valence-corrected chi connectivity index (χ3v) is 5.96. The monoisotopic (exact) mass is 341 g/mol. The molecular weight excluding hydrogens is 318 g/mol. The predicted molar refractivity (Wildman–Crippen MR) is 99.8 cm³/mol. The summed E-state index contributed by atoms with van der Waals surface area (Å²) in [5.74, 6) is 0. The van der Waals surface area contributed by atoms with Crippen LogP contribution in [0.15, 0.2) is 24.5 Å².